The van der Waals surface area contributed by atoms with E-state index in [0.29, 0.717) is 0 Å². The SMILES string of the molecule is CO/C=C(/Oc1cccc(F)c1C(=O)O)C(=O)OC. The van der Waals surface area contributed by atoms with E-state index in [1.807, 2.05) is 0 Å². The summed E-state index contributed by atoms with van der Waals surface area (Å²) in [7, 11) is 2.37. The predicted octanol–water partition coefficient (Wildman–Crippen LogP) is 1.56. The summed E-state index contributed by atoms with van der Waals surface area (Å²) in [6.45, 7) is 0. The van der Waals surface area contributed by atoms with Crippen molar-refractivity contribution in [1.82, 2.24) is 0 Å². The average molecular weight is 270 g/mol. The van der Waals surface area contributed by atoms with Crippen LogP contribution >= 0.6 is 0 Å². The van der Waals surface area contributed by atoms with E-state index in [9.17, 15) is 14.0 Å². The molecular weight excluding hydrogens is 259 g/mol. The lowest BCUT2D eigenvalue weighted by atomic mass is 10.2. The van der Waals surface area contributed by atoms with Gasteiger partial charge in [-0.3, -0.25) is 0 Å². The normalized spacial score (nSPS) is 10.8. The highest BCUT2D eigenvalue weighted by molar-refractivity contribution is 5.92. The second-order valence-electron chi connectivity index (χ2n) is 3.23. The van der Waals surface area contributed by atoms with Crippen LogP contribution in [0.4, 0.5) is 4.39 Å². The quantitative estimate of drug-likeness (QED) is 0.496. The van der Waals surface area contributed by atoms with E-state index in [1.54, 1.807) is 0 Å². The number of hydrogen-bond acceptors (Lipinski definition) is 5. The summed E-state index contributed by atoms with van der Waals surface area (Å²) in [6.07, 6.45) is 0.919. The molecule has 19 heavy (non-hydrogen) atoms. The van der Waals surface area contributed by atoms with Gasteiger partial charge < -0.3 is 19.3 Å². The molecule has 1 rings (SSSR count). The Kier molecular flexibility index (Phi) is 4.87. The molecule has 0 aliphatic heterocycles. The second kappa shape index (κ2) is 6.39. The van der Waals surface area contributed by atoms with Crippen LogP contribution in [0, 0.1) is 5.82 Å². The van der Waals surface area contributed by atoms with E-state index in [0.717, 1.165) is 19.4 Å². The number of ether oxygens (including phenoxy) is 3. The number of rotatable bonds is 5. The zero-order chi connectivity index (χ0) is 14.4. The van der Waals surface area contributed by atoms with Gasteiger partial charge in [-0.05, 0) is 12.1 Å². The van der Waals surface area contributed by atoms with Crippen molar-refractivity contribution in [2.24, 2.45) is 0 Å². The fourth-order valence-electron chi connectivity index (χ4n) is 1.24. The zero-order valence-electron chi connectivity index (χ0n) is 10.2. The summed E-state index contributed by atoms with van der Waals surface area (Å²) in [4.78, 5) is 22.3. The monoisotopic (exact) mass is 270 g/mol. The number of carboxylic acid groups (broad SMARTS) is 1. The number of carbonyl (C=O) groups excluding carboxylic acids is 1. The van der Waals surface area contributed by atoms with Crippen LogP contribution < -0.4 is 4.74 Å². The van der Waals surface area contributed by atoms with Gasteiger partial charge in [0.05, 0.1) is 14.2 Å². The lowest BCUT2D eigenvalue weighted by molar-refractivity contribution is -0.138. The van der Waals surface area contributed by atoms with Crippen LogP contribution in [0.2, 0.25) is 0 Å². The van der Waals surface area contributed by atoms with Crippen molar-refractivity contribution in [3.63, 3.8) is 0 Å². The summed E-state index contributed by atoms with van der Waals surface area (Å²) in [5, 5.41) is 8.90. The highest BCUT2D eigenvalue weighted by Crippen LogP contribution is 2.23. The zero-order valence-corrected chi connectivity index (χ0v) is 10.2. The molecule has 0 unspecified atom stereocenters. The minimum absolute atomic E-state index is 0.332. The summed E-state index contributed by atoms with van der Waals surface area (Å²) in [6, 6.07) is 3.42. The van der Waals surface area contributed by atoms with Gasteiger partial charge in [0.2, 0.25) is 5.76 Å². The van der Waals surface area contributed by atoms with Crippen LogP contribution in [0.1, 0.15) is 10.4 Å². The molecule has 0 radical (unpaired) electrons. The van der Waals surface area contributed by atoms with E-state index in [2.05, 4.69) is 9.47 Å². The summed E-state index contributed by atoms with van der Waals surface area (Å²) in [5.41, 5.74) is -0.687. The molecular formula is C12H11FO6. The number of esters is 1. The third-order valence-corrected chi connectivity index (χ3v) is 2.02. The van der Waals surface area contributed by atoms with Gasteiger partial charge in [-0.2, -0.15) is 0 Å². The van der Waals surface area contributed by atoms with Gasteiger partial charge in [-0.25, -0.2) is 14.0 Å². The van der Waals surface area contributed by atoms with Crippen molar-refractivity contribution >= 4 is 11.9 Å². The number of halogens is 1. The van der Waals surface area contributed by atoms with Crippen LogP contribution in [0.5, 0.6) is 5.75 Å². The Bertz CT molecular complexity index is 523. The second-order valence-corrected chi connectivity index (χ2v) is 3.23. The van der Waals surface area contributed by atoms with Crippen LogP contribution in [0.25, 0.3) is 0 Å². The average Bonchev–Trinajstić information content (AvgIpc) is 2.37. The molecule has 6 nitrogen and oxygen atoms in total. The Balaban J connectivity index is 3.17. The molecule has 0 fully saturated rings. The number of aromatic carboxylic acids is 1. The summed E-state index contributed by atoms with van der Waals surface area (Å²) in [5.74, 6) is -4.12. The van der Waals surface area contributed by atoms with Crippen molar-refractivity contribution in [2.45, 2.75) is 0 Å². The lowest BCUT2D eigenvalue weighted by Gasteiger charge is -2.10. The van der Waals surface area contributed by atoms with E-state index in [-0.39, 0.29) is 5.75 Å². The van der Waals surface area contributed by atoms with Crippen molar-refractivity contribution in [1.29, 1.82) is 0 Å². The van der Waals surface area contributed by atoms with Crippen molar-refractivity contribution in [3.8, 4) is 5.75 Å². The van der Waals surface area contributed by atoms with E-state index in [1.165, 1.54) is 19.2 Å². The first kappa shape index (κ1) is 14.5. The third kappa shape index (κ3) is 3.44. The molecule has 1 N–H and O–H groups in total. The predicted molar refractivity (Wildman–Crippen MR) is 61.1 cm³/mol. The molecule has 0 heterocycles. The van der Waals surface area contributed by atoms with Gasteiger partial charge >= 0.3 is 11.9 Å². The summed E-state index contributed by atoms with van der Waals surface area (Å²) >= 11 is 0. The molecule has 0 atom stereocenters. The molecule has 0 aliphatic carbocycles. The van der Waals surface area contributed by atoms with E-state index in [4.69, 9.17) is 9.84 Å². The first-order valence-corrected chi connectivity index (χ1v) is 5.02. The lowest BCUT2D eigenvalue weighted by Crippen LogP contribution is -2.13. The molecule has 1 aromatic carbocycles. The van der Waals surface area contributed by atoms with Crippen molar-refractivity contribution in [3.05, 3.63) is 41.6 Å². The molecule has 102 valence electrons. The maximum Gasteiger partial charge on any atom is 0.377 e. The van der Waals surface area contributed by atoms with Crippen molar-refractivity contribution in [2.75, 3.05) is 14.2 Å². The highest BCUT2D eigenvalue weighted by Gasteiger charge is 2.21. The topological polar surface area (TPSA) is 82.1 Å². The van der Waals surface area contributed by atoms with Gasteiger partial charge in [0, 0.05) is 0 Å². The smallest absolute Gasteiger partial charge is 0.377 e. The van der Waals surface area contributed by atoms with Gasteiger partial charge in [-0.1, -0.05) is 6.07 Å². The first-order chi connectivity index (χ1) is 9.01. The molecule has 0 bridgehead atoms. The molecule has 0 aliphatic rings. The minimum atomic E-state index is -1.52. The maximum absolute atomic E-state index is 13.4. The molecule has 0 spiro atoms. The Morgan fingerprint density at radius 2 is 2.00 bits per heavy atom. The first-order valence-electron chi connectivity index (χ1n) is 5.02. The van der Waals surface area contributed by atoms with Crippen LogP contribution in [-0.2, 0) is 14.3 Å². The fraction of sp³-hybridized carbons (Fsp3) is 0.167. The Morgan fingerprint density at radius 3 is 2.53 bits per heavy atom. The largest absolute Gasteiger partial charge is 0.500 e. The molecule has 0 saturated carbocycles. The number of methoxy groups -OCH3 is 2. The molecule has 1 aromatic rings. The molecule has 0 saturated heterocycles. The number of carboxylic acids is 1. The summed E-state index contributed by atoms with van der Waals surface area (Å²) < 4.78 is 27.4. The number of hydrogen-bond donors (Lipinski definition) is 1. The van der Waals surface area contributed by atoms with Crippen LogP contribution in [-0.4, -0.2) is 31.3 Å². The molecule has 0 aromatic heterocycles. The standard InChI is InChI=1S/C12H11FO6/c1-17-6-9(12(16)18-2)19-8-5-3-4-7(13)10(8)11(14)15/h3-6H,1-2H3,(H,14,15)/b9-6+. The third-order valence-electron chi connectivity index (χ3n) is 2.02. The molecule has 7 heteroatoms. The Morgan fingerprint density at radius 1 is 1.32 bits per heavy atom. The maximum atomic E-state index is 13.4. The number of benzene rings is 1. The Hall–Kier alpha value is -2.57. The van der Waals surface area contributed by atoms with Gasteiger partial charge in [0.15, 0.2) is 0 Å². The number of carbonyl (C=O) groups is 2. The van der Waals surface area contributed by atoms with Crippen molar-refractivity contribution < 1.29 is 33.3 Å². The van der Waals surface area contributed by atoms with Gasteiger partial charge in [0.1, 0.15) is 23.4 Å². The molecule has 0 amide bonds. The fourth-order valence-corrected chi connectivity index (χ4v) is 1.24. The van der Waals surface area contributed by atoms with Crippen LogP contribution in [0.15, 0.2) is 30.2 Å². The van der Waals surface area contributed by atoms with Gasteiger partial charge in [0.25, 0.3) is 0 Å². The van der Waals surface area contributed by atoms with E-state index < -0.39 is 29.1 Å². The van der Waals surface area contributed by atoms with Gasteiger partial charge in [-0.15, -0.1) is 0 Å². The van der Waals surface area contributed by atoms with Crippen LogP contribution in [0.3, 0.4) is 0 Å². The van der Waals surface area contributed by atoms with E-state index >= 15 is 0 Å². The highest BCUT2D eigenvalue weighted by atomic mass is 19.1. The minimum Gasteiger partial charge on any atom is -0.500 e. The Labute approximate surface area is 108 Å².